The number of nitrogens with one attached hydrogen (secondary N) is 1. The lowest BCUT2D eigenvalue weighted by atomic mass is 10.2. The van der Waals surface area contributed by atoms with Crippen LogP contribution in [0.4, 0.5) is 5.82 Å². The van der Waals surface area contributed by atoms with Gasteiger partial charge in [-0.15, -0.1) is 11.3 Å². The minimum absolute atomic E-state index is 0.193. The van der Waals surface area contributed by atoms with Crippen LogP contribution in [0.5, 0.6) is 0 Å². The van der Waals surface area contributed by atoms with Gasteiger partial charge in [-0.3, -0.25) is 14.6 Å². The van der Waals surface area contributed by atoms with Crippen molar-refractivity contribution in [2.75, 3.05) is 5.32 Å². The van der Waals surface area contributed by atoms with Gasteiger partial charge in [-0.1, -0.05) is 17.7 Å². The first-order chi connectivity index (χ1) is 16.6. The Hall–Kier alpha value is -3.95. The van der Waals surface area contributed by atoms with E-state index in [4.69, 9.17) is 16.0 Å². The topological polar surface area (TPSA) is 94.9 Å². The Morgan fingerprint density at radius 3 is 2.76 bits per heavy atom. The van der Waals surface area contributed by atoms with E-state index >= 15 is 0 Å². The molecule has 0 saturated carbocycles. The molecule has 5 heterocycles. The highest BCUT2D eigenvalue weighted by Crippen LogP contribution is 2.25. The van der Waals surface area contributed by atoms with Crippen LogP contribution in [0.15, 0.2) is 88.7 Å². The molecule has 5 aromatic rings. The van der Waals surface area contributed by atoms with E-state index in [0.29, 0.717) is 40.1 Å². The highest BCUT2D eigenvalue weighted by Gasteiger charge is 2.18. The van der Waals surface area contributed by atoms with Gasteiger partial charge in [0.1, 0.15) is 12.1 Å². The summed E-state index contributed by atoms with van der Waals surface area (Å²) < 4.78 is 8.58. The first-order valence-corrected chi connectivity index (χ1v) is 11.5. The van der Waals surface area contributed by atoms with Crippen molar-refractivity contribution in [3.8, 4) is 11.3 Å². The minimum atomic E-state index is -0.352. The van der Waals surface area contributed by atoms with E-state index in [9.17, 15) is 9.59 Å². The van der Waals surface area contributed by atoms with Crippen LogP contribution in [0.2, 0.25) is 4.34 Å². The number of nitrogens with zero attached hydrogens (tertiary/aromatic N) is 4. The van der Waals surface area contributed by atoms with Crippen LogP contribution in [-0.4, -0.2) is 25.2 Å². The summed E-state index contributed by atoms with van der Waals surface area (Å²) in [6, 6.07) is 15.9. The van der Waals surface area contributed by atoms with E-state index < -0.39 is 0 Å². The van der Waals surface area contributed by atoms with Crippen LogP contribution >= 0.6 is 22.9 Å². The Labute approximate surface area is 203 Å². The number of hydrogen-bond donors (Lipinski definition) is 1. The normalized spacial score (nSPS) is 11.0. The number of carbonyl (C=O) groups excluding carboxylic acids is 1. The SMILES string of the molecule is O=C(c1ccoc1)n1nc(-c2ccn(Cc3ccccn3)c(=O)c2)cc1NCc1ccc(Cl)s1. The molecule has 0 saturated heterocycles. The molecule has 0 spiro atoms. The summed E-state index contributed by atoms with van der Waals surface area (Å²) in [5.41, 5.74) is 2.05. The van der Waals surface area contributed by atoms with E-state index in [1.54, 1.807) is 35.2 Å². The molecule has 0 aliphatic carbocycles. The van der Waals surface area contributed by atoms with Gasteiger partial charge in [0, 0.05) is 35.0 Å². The van der Waals surface area contributed by atoms with Crippen LogP contribution in [0.25, 0.3) is 11.3 Å². The highest BCUT2D eigenvalue weighted by molar-refractivity contribution is 7.16. The van der Waals surface area contributed by atoms with Gasteiger partial charge in [-0.25, -0.2) is 0 Å². The fourth-order valence-corrected chi connectivity index (χ4v) is 4.43. The summed E-state index contributed by atoms with van der Waals surface area (Å²) in [7, 11) is 0. The lowest BCUT2D eigenvalue weighted by molar-refractivity contribution is 0.0947. The van der Waals surface area contributed by atoms with Crippen LogP contribution in [0.3, 0.4) is 0 Å². The molecule has 0 radical (unpaired) electrons. The number of furan rings is 1. The molecule has 0 bridgehead atoms. The van der Waals surface area contributed by atoms with E-state index in [1.807, 2.05) is 30.3 Å². The molecule has 34 heavy (non-hydrogen) atoms. The predicted octanol–water partition coefficient (Wildman–Crippen LogP) is 4.76. The third-order valence-electron chi connectivity index (χ3n) is 5.09. The van der Waals surface area contributed by atoms with Crippen molar-refractivity contribution in [1.82, 2.24) is 19.3 Å². The Balaban J connectivity index is 1.45. The monoisotopic (exact) mass is 491 g/mol. The average molecular weight is 492 g/mol. The number of anilines is 1. The molecule has 0 unspecified atom stereocenters. The number of thiophene rings is 1. The summed E-state index contributed by atoms with van der Waals surface area (Å²) in [4.78, 5) is 31.0. The smallest absolute Gasteiger partial charge is 0.283 e. The van der Waals surface area contributed by atoms with Gasteiger partial charge < -0.3 is 14.3 Å². The maximum Gasteiger partial charge on any atom is 0.283 e. The summed E-state index contributed by atoms with van der Waals surface area (Å²) >= 11 is 7.48. The molecular formula is C24H18ClN5O3S. The summed E-state index contributed by atoms with van der Waals surface area (Å²) in [6.07, 6.45) is 6.19. The molecule has 170 valence electrons. The molecule has 0 fully saturated rings. The minimum Gasteiger partial charge on any atom is -0.472 e. The van der Waals surface area contributed by atoms with Crippen LogP contribution in [-0.2, 0) is 13.1 Å². The average Bonchev–Trinajstić information content (AvgIpc) is 3.60. The van der Waals surface area contributed by atoms with Crippen molar-refractivity contribution in [2.45, 2.75) is 13.1 Å². The lowest BCUT2D eigenvalue weighted by Crippen LogP contribution is -2.19. The molecule has 8 nitrogen and oxygen atoms in total. The number of aromatic nitrogens is 4. The molecule has 0 amide bonds. The highest BCUT2D eigenvalue weighted by atomic mass is 35.5. The third-order valence-corrected chi connectivity index (χ3v) is 6.32. The number of halogens is 1. The van der Waals surface area contributed by atoms with Gasteiger partial charge >= 0.3 is 0 Å². The second-order valence-corrected chi connectivity index (χ2v) is 9.21. The Kier molecular flexibility index (Phi) is 6.11. The number of pyridine rings is 2. The van der Waals surface area contributed by atoms with E-state index in [-0.39, 0.29) is 11.5 Å². The van der Waals surface area contributed by atoms with E-state index in [1.165, 1.54) is 34.6 Å². The number of carbonyl (C=O) groups is 1. The van der Waals surface area contributed by atoms with Gasteiger partial charge in [0.2, 0.25) is 0 Å². The maximum atomic E-state index is 13.0. The molecular weight excluding hydrogens is 474 g/mol. The number of hydrogen-bond acceptors (Lipinski definition) is 7. The van der Waals surface area contributed by atoms with E-state index in [0.717, 1.165) is 10.6 Å². The molecule has 1 N–H and O–H groups in total. The molecule has 0 atom stereocenters. The molecule has 0 aliphatic heterocycles. The standard InChI is InChI=1S/C24H18ClN5O3S/c25-21-5-4-19(34-21)13-27-22-12-20(28-30(22)24(32)17-7-10-33-15-17)16-6-9-29(23(31)11-16)14-18-3-1-2-8-26-18/h1-12,15,27H,13-14H2. The van der Waals surface area contributed by atoms with Crippen molar-refractivity contribution < 1.29 is 9.21 Å². The van der Waals surface area contributed by atoms with Crippen LogP contribution < -0.4 is 10.9 Å². The fourth-order valence-electron chi connectivity index (χ4n) is 3.40. The first-order valence-electron chi connectivity index (χ1n) is 10.3. The number of rotatable bonds is 7. The second kappa shape index (κ2) is 9.50. The Morgan fingerprint density at radius 2 is 2.06 bits per heavy atom. The van der Waals surface area contributed by atoms with Crippen LogP contribution in [0.1, 0.15) is 20.9 Å². The zero-order valence-corrected chi connectivity index (χ0v) is 19.3. The molecule has 0 aromatic carbocycles. The largest absolute Gasteiger partial charge is 0.472 e. The van der Waals surface area contributed by atoms with Crippen molar-refractivity contribution in [2.24, 2.45) is 0 Å². The van der Waals surface area contributed by atoms with E-state index in [2.05, 4.69) is 15.4 Å². The van der Waals surface area contributed by atoms with Gasteiger partial charge in [0.25, 0.3) is 11.5 Å². The van der Waals surface area contributed by atoms with Crippen LogP contribution in [0, 0.1) is 0 Å². The Morgan fingerprint density at radius 1 is 1.15 bits per heavy atom. The molecule has 10 heteroatoms. The van der Waals surface area contributed by atoms with Gasteiger partial charge in [-0.05, 0) is 36.4 Å². The van der Waals surface area contributed by atoms with Gasteiger partial charge in [0.05, 0.1) is 40.6 Å². The van der Waals surface area contributed by atoms with Crippen molar-refractivity contribution in [1.29, 1.82) is 0 Å². The molecule has 0 aliphatic rings. The lowest BCUT2D eigenvalue weighted by Gasteiger charge is -2.06. The summed E-state index contributed by atoms with van der Waals surface area (Å²) in [5.74, 6) is 0.138. The molecule has 5 rings (SSSR count). The zero-order valence-electron chi connectivity index (χ0n) is 17.7. The second-order valence-electron chi connectivity index (χ2n) is 7.41. The quantitative estimate of drug-likeness (QED) is 0.352. The first kappa shape index (κ1) is 21.9. The Bertz CT molecular complexity index is 1490. The summed E-state index contributed by atoms with van der Waals surface area (Å²) in [5, 5.41) is 7.73. The van der Waals surface area contributed by atoms with Gasteiger partial charge in [0.15, 0.2) is 0 Å². The maximum absolute atomic E-state index is 13.0. The van der Waals surface area contributed by atoms with Crippen molar-refractivity contribution >= 4 is 34.7 Å². The fraction of sp³-hybridized carbons (Fsp3) is 0.0833. The van der Waals surface area contributed by atoms with Gasteiger partial charge in [-0.2, -0.15) is 9.78 Å². The predicted molar refractivity (Wildman–Crippen MR) is 130 cm³/mol. The summed E-state index contributed by atoms with van der Waals surface area (Å²) in [6.45, 7) is 0.830. The van der Waals surface area contributed by atoms with Crippen molar-refractivity contribution in [3.05, 3.63) is 110 Å². The zero-order chi connectivity index (χ0) is 23.5. The third kappa shape index (κ3) is 4.70. The van der Waals surface area contributed by atoms with Crippen molar-refractivity contribution in [3.63, 3.8) is 0 Å². The molecule has 5 aromatic heterocycles.